The molecule has 0 saturated carbocycles. The van der Waals surface area contributed by atoms with Gasteiger partial charge in [0, 0.05) is 25.7 Å². The summed E-state index contributed by atoms with van der Waals surface area (Å²) in [6.45, 7) is 3.04. The summed E-state index contributed by atoms with van der Waals surface area (Å²) in [5.41, 5.74) is 5.19. The standard InChI is InChI=1S/C9H20N4O2/c1-7(13(2)3)6-12-9(15)8(14)11-5-4-10/h7H,4-6,10H2,1-3H3,(H,11,14)(H,12,15). The highest BCUT2D eigenvalue weighted by Gasteiger charge is 2.13. The van der Waals surface area contributed by atoms with Gasteiger partial charge in [-0.15, -0.1) is 0 Å². The van der Waals surface area contributed by atoms with Crippen LogP contribution in [-0.2, 0) is 9.59 Å². The predicted molar refractivity (Wildman–Crippen MR) is 58.2 cm³/mol. The molecule has 0 bridgehead atoms. The van der Waals surface area contributed by atoms with Gasteiger partial charge in [0.05, 0.1) is 0 Å². The highest BCUT2D eigenvalue weighted by atomic mass is 16.2. The van der Waals surface area contributed by atoms with Crippen LogP contribution in [0.1, 0.15) is 6.92 Å². The number of amides is 2. The lowest BCUT2D eigenvalue weighted by Gasteiger charge is -2.19. The summed E-state index contributed by atoms with van der Waals surface area (Å²) in [6.07, 6.45) is 0. The number of nitrogens with one attached hydrogen (secondary N) is 2. The molecule has 6 nitrogen and oxygen atoms in total. The van der Waals surface area contributed by atoms with Gasteiger partial charge in [-0.05, 0) is 21.0 Å². The van der Waals surface area contributed by atoms with Gasteiger partial charge in [-0.1, -0.05) is 0 Å². The largest absolute Gasteiger partial charge is 0.347 e. The van der Waals surface area contributed by atoms with Crippen molar-refractivity contribution in [3.05, 3.63) is 0 Å². The lowest BCUT2D eigenvalue weighted by atomic mass is 10.3. The zero-order chi connectivity index (χ0) is 11.8. The van der Waals surface area contributed by atoms with Gasteiger partial charge in [0.1, 0.15) is 0 Å². The quantitative estimate of drug-likeness (QED) is 0.470. The van der Waals surface area contributed by atoms with Gasteiger partial charge in [0.25, 0.3) is 0 Å². The number of nitrogens with two attached hydrogens (primary N) is 1. The minimum atomic E-state index is -0.633. The van der Waals surface area contributed by atoms with Gasteiger partial charge in [-0.2, -0.15) is 0 Å². The number of hydrogen-bond acceptors (Lipinski definition) is 4. The lowest BCUT2D eigenvalue weighted by Crippen LogP contribution is -2.45. The van der Waals surface area contributed by atoms with Crippen LogP contribution in [0.3, 0.4) is 0 Å². The molecule has 0 aromatic heterocycles. The second-order valence-corrected chi connectivity index (χ2v) is 3.57. The van der Waals surface area contributed by atoms with Gasteiger partial charge < -0.3 is 21.3 Å². The Bertz CT molecular complexity index is 218. The van der Waals surface area contributed by atoms with Crippen molar-refractivity contribution < 1.29 is 9.59 Å². The molecule has 0 aromatic carbocycles. The number of carbonyl (C=O) groups is 2. The SMILES string of the molecule is CC(CNC(=O)C(=O)NCCN)N(C)C. The Hall–Kier alpha value is -1.14. The molecule has 0 aliphatic carbocycles. The second-order valence-electron chi connectivity index (χ2n) is 3.57. The Morgan fingerprint density at radius 2 is 1.80 bits per heavy atom. The topological polar surface area (TPSA) is 87.5 Å². The average molecular weight is 216 g/mol. The Balaban J connectivity index is 3.78. The number of carbonyl (C=O) groups excluding carboxylic acids is 2. The van der Waals surface area contributed by atoms with Gasteiger partial charge in [-0.25, -0.2) is 0 Å². The predicted octanol–water partition coefficient (Wildman–Crippen LogP) is -1.87. The van der Waals surface area contributed by atoms with Gasteiger partial charge >= 0.3 is 11.8 Å². The molecular weight excluding hydrogens is 196 g/mol. The first-order chi connectivity index (χ1) is 6.99. The molecule has 0 rings (SSSR count). The van der Waals surface area contributed by atoms with Crippen molar-refractivity contribution in [1.82, 2.24) is 15.5 Å². The lowest BCUT2D eigenvalue weighted by molar-refractivity contribution is -0.139. The van der Waals surface area contributed by atoms with Crippen molar-refractivity contribution in [2.24, 2.45) is 5.73 Å². The summed E-state index contributed by atoms with van der Waals surface area (Å²) in [4.78, 5) is 24.2. The van der Waals surface area contributed by atoms with Crippen molar-refractivity contribution in [3.63, 3.8) is 0 Å². The molecule has 4 N–H and O–H groups in total. The van der Waals surface area contributed by atoms with Crippen LogP contribution < -0.4 is 16.4 Å². The van der Waals surface area contributed by atoms with E-state index < -0.39 is 11.8 Å². The van der Waals surface area contributed by atoms with Crippen LogP contribution in [-0.4, -0.2) is 56.5 Å². The minimum Gasteiger partial charge on any atom is -0.347 e. The first kappa shape index (κ1) is 13.9. The van der Waals surface area contributed by atoms with Crippen LogP contribution in [0.4, 0.5) is 0 Å². The molecule has 0 heterocycles. The molecule has 0 saturated heterocycles. The minimum absolute atomic E-state index is 0.191. The van der Waals surface area contributed by atoms with Crippen molar-refractivity contribution in [1.29, 1.82) is 0 Å². The highest BCUT2D eigenvalue weighted by Crippen LogP contribution is 1.87. The Labute approximate surface area is 90.2 Å². The van der Waals surface area contributed by atoms with Crippen molar-refractivity contribution >= 4 is 11.8 Å². The second kappa shape index (κ2) is 7.19. The molecule has 1 unspecified atom stereocenters. The maximum absolute atomic E-state index is 11.2. The Morgan fingerprint density at radius 1 is 1.27 bits per heavy atom. The van der Waals surface area contributed by atoms with Gasteiger partial charge in [-0.3, -0.25) is 9.59 Å². The summed E-state index contributed by atoms with van der Waals surface area (Å²) < 4.78 is 0. The molecule has 2 amide bonds. The third-order valence-corrected chi connectivity index (χ3v) is 2.08. The van der Waals surface area contributed by atoms with Crippen molar-refractivity contribution in [3.8, 4) is 0 Å². The van der Waals surface area contributed by atoms with E-state index in [1.807, 2.05) is 25.9 Å². The summed E-state index contributed by atoms with van der Waals surface area (Å²) in [5, 5.41) is 4.93. The zero-order valence-electron chi connectivity index (χ0n) is 9.54. The maximum atomic E-state index is 11.2. The Kier molecular flexibility index (Phi) is 6.64. The summed E-state index contributed by atoms with van der Waals surface area (Å²) in [7, 11) is 3.82. The molecular formula is C9H20N4O2. The maximum Gasteiger partial charge on any atom is 0.309 e. The van der Waals surface area contributed by atoms with E-state index in [1.165, 1.54) is 0 Å². The molecule has 15 heavy (non-hydrogen) atoms. The normalized spacial score (nSPS) is 12.3. The molecule has 0 aliphatic rings. The molecule has 0 spiro atoms. The third-order valence-electron chi connectivity index (χ3n) is 2.08. The van der Waals surface area contributed by atoms with E-state index in [1.54, 1.807) is 0 Å². The molecule has 1 atom stereocenters. The Morgan fingerprint density at radius 3 is 2.27 bits per heavy atom. The zero-order valence-corrected chi connectivity index (χ0v) is 9.54. The fourth-order valence-corrected chi connectivity index (χ4v) is 0.769. The monoisotopic (exact) mass is 216 g/mol. The molecule has 88 valence electrons. The van der Waals surface area contributed by atoms with E-state index in [9.17, 15) is 9.59 Å². The summed E-state index contributed by atoms with van der Waals surface area (Å²) in [6, 6.07) is 0.191. The van der Waals surface area contributed by atoms with Crippen molar-refractivity contribution in [2.45, 2.75) is 13.0 Å². The fraction of sp³-hybridized carbons (Fsp3) is 0.778. The molecule has 0 fully saturated rings. The highest BCUT2D eigenvalue weighted by molar-refractivity contribution is 6.35. The van der Waals surface area contributed by atoms with Gasteiger partial charge in [0.15, 0.2) is 0 Å². The van der Waals surface area contributed by atoms with Crippen LogP contribution >= 0.6 is 0 Å². The molecule has 0 aliphatic heterocycles. The molecule has 0 radical (unpaired) electrons. The molecule has 0 aromatic rings. The number of rotatable bonds is 5. The third kappa shape index (κ3) is 6.03. The van der Waals surface area contributed by atoms with Crippen LogP contribution in [0.5, 0.6) is 0 Å². The van der Waals surface area contributed by atoms with Crippen LogP contribution in [0, 0.1) is 0 Å². The first-order valence-electron chi connectivity index (χ1n) is 4.91. The average Bonchev–Trinajstić information content (AvgIpc) is 2.21. The summed E-state index contributed by atoms with van der Waals surface area (Å²) in [5.74, 6) is -1.25. The van der Waals surface area contributed by atoms with E-state index in [4.69, 9.17) is 5.73 Å². The van der Waals surface area contributed by atoms with Crippen molar-refractivity contribution in [2.75, 3.05) is 33.7 Å². The first-order valence-corrected chi connectivity index (χ1v) is 4.91. The fourth-order valence-electron chi connectivity index (χ4n) is 0.769. The molecule has 6 heteroatoms. The van der Waals surface area contributed by atoms with E-state index in [2.05, 4.69) is 10.6 Å². The van der Waals surface area contributed by atoms with E-state index >= 15 is 0 Å². The van der Waals surface area contributed by atoms with Crippen LogP contribution in [0.25, 0.3) is 0 Å². The van der Waals surface area contributed by atoms with E-state index in [0.717, 1.165) is 0 Å². The number of likely N-dealkylation sites (N-methyl/N-ethyl adjacent to an activating group) is 1. The van der Waals surface area contributed by atoms with Gasteiger partial charge in [0.2, 0.25) is 0 Å². The smallest absolute Gasteiger partial charge is 0.309 e. The van der Waals surface area contributed by atoms with Crippen LogP contribution in [0.2, 0.25) is 0 Å². The summed E-state index contributed by atoms with van der Waals surface area (Å²) >= 11 is 0. The van der Waals surface area contributed by atoms with E-state index in [0.29, 0.717) is 19.6 Å². The number of hydrogen-bond donors (Lipinski definition) is 3. The number of nitrogens with zero attached hydrogens (tertiary/aromatic N) is 1. The van der Waals surface area contributed by atoms with Crippen LogP contribution in [0.15, 0.2) is 0 Å². The van der Waals surface area contributed by atoms with E-state index in [-0.39, 0.29) is 6.04 Å².